The molecule has 0 unspecified atom stereocenters. The summed E-state index contributed by atoms with van der Waals surface area (Å²) < 4.78 is 6.17. The summed E-state index contributed by atoms with van der Waals surface area (Å²) in [5.74, 6) is 2.74. The van der Waals surface area contributed by atoms with Gasteiger partial charge in [-0.25, -0.2) is 0 Å². The maximum Gasteiger partial charge on any atom is 0.136 e. The van der Waals surface area contributed by atoms with Crippen LogP contribution in [-0.2, 0) is 5.75 Å². The predicted octanol–water partition coefficient (Wildman–Crippen LogP) is 3.40. The summed E-state index contributed by atoms with van der Waals surface area (Å²) in [6.07, 6.45) is 0. The van der Waals surface area contributed by atoms with Crippen molar-refractivity contribution < 1.29 is 9.84 Å². The van der Waals surface area contributed by atoms with Crippen molar-refractivity contribution in [3.05, 3.63) is 29.8 Å². The Balaban J connectivity index is 1.91. The monoisotopic (exact) mass is 357 g/mol. The van der Waals surface area contributed by atoms with Crippen LogP contribution in [0.2, 0.25) is 0 Å². The number of rotatable bonds is 7. The molecule has 3 nitrogen and oxygen atoms in total. The lowest BCUT2D eigenvalue weighted by molar-refractivity contribution is 0.197. The zero-order chi connectivity index (χ0) is 16.2. The van der Waals surface area contributed by atoms with Gasteiger partial charge in [0.25, 0.3) is 0 Å². The largest absolute Gasteiger partial charge is 0.497 e. The lowest BCUT2D eigenvalue weighted by atomic mass is 10.1. The van der Waals surface area contributed by atoms with Crippen LogP contribution in [0.25, 0.3) is 0 Å². The molecular weight excluding hydrogens is 334 g/mol. The summed E-state index contributed by atoms with van der Waals surface area (Å²) in [6, 6.07) is 8.37. The van der Waals surface area contributed by atoms with E-state index < -0.39 is 0 Å². The van der Waals surface area contributed by atoms with Gasteiger partial charge in [0, 0.05) is 22.8 Å². The zero-order valence-electron chi connectivity index (χ0n) is 13.2. The third kappa shape index (κ3) is 4.78. The Bertz CT molecular complexity index is 505. The first-order valence-electron chi connectivity index (χ1n) is 7.26. The third-order valence-electron chi connectivity index (χ3n) is 3.62. The van der Waals surface area contributed by atoms with Crippen molar-refractivity contribution in [3.63, 3.8) is 0 Å². The minimum absolute atomic E-state index is 0.0717. The number of benzene rings is 1. The highest BCUT2D eigenvalue weighted by atomic mass is 32.2. The van der Waals surface area contributed by atoms with Crippen LogP contribution < -0.4 is 4.74 Å². The molecule has 0 amide bonds. The van der Waals surface area contributed by atoms with Gasteiger partial charge in [-0.1, -0.05) is 36.1 Å². The van der Waals surface area contributed by atoms with E-state index in [-0.39, 0.29) is 17.4 Å². The lowest BCUT2D eigenvalue weighted by Crippen LogP contribution is -2.43. The maximum absolute atomic E-state index is 9.48. The molecular formula is C16H23NO2S3. The van der Waals surface area contributed by atoms with E-state index in [1.165, 1.54) is 5.56 Å². The van der Waals surface area contributed by atoms with E-state index in [2.05, 4.69) is 30.9 Å². The molecule has 1 aromatic rings. The number of nitrogens with zero attached hydrogens (tertiary/aromatic N) is 1. The first-order valence-corrected chi connectivity index (χ1v) is 9.64. The highest BCUT2D eigenvalue weighted by Crippen LogP contribution is 2.33. The maximum atomic E-state index is 9.48. The van der Waals surface area contributed by atoms with Crippen LogP contribution in [0.15, 0.2) is 24.3 Å². The molecule has 1 atom stereocenters. The summed E-state index contributed by atoms with van der Waals surface area (Å²) in [5.41, 5.74) is 1.29. The molecule has 0 radical (unpaired) electrons. The zero-order valence-corrected chi connectivity index (χ0v) is 15.7. The standard InChI is InChI=1S/C16H23NO2S3/c1-16(2,11-17-13(8-18)10-21-15(17)20)22-9-12-4-6-14(19-3)7-5-12/h4-7,13,18H,8-11H2,1-3H3/t13-/m1/s1. The second-order valence-electron chi connectivity index (χ2n) is 5.94. The molecule has 22 heavy (non-hydrogen) atoms. The fourth-order valence-electron chi connectivity index (χ4n) is 2.29. The molecule has 1 saturated heterocycles. The van der Waals surface area contributed by atoms with Crippen molar-refractivity contribution in [3.8, 4) is 5.75 Å². The minimum Gasteiger partial charge on any atom is -0.497 e. The van der Waals surface area contributed by atoms with Gasteiger partial charge in [0.2, 0.25) is 0 Å². The molecule has 0 aromatic heterocycles. The van der Waals surface area contributed by atoms with E-state index in [1.54, 1.807) is 18.9 Å². The molecule has 1 aliphatic heterocycles. The second-order valence-corrected chi connectivity index (χ2v) is 9.27. The minimum atomic E-state index is 0.0717. The van der Waals surface area contributed by atoms with Gasteiger partial charge in [0.05, 0.1) is 19.8 Å². The smallest absolute Gasteiger partial charge is 0.136 e. The van der Waals surface area contributed by atoms with E-state index >= 15 is 0 Å². The molecule has 1 aliphatic rings. The van der Waals surface area contributed by atoms with Gasteiger partial charge in [-0.15, -0.1) is 11.8 Å². The van der Waals surface area contributed by atoms with Crippen molar-refractivity contribution in [2.45, 2.75) is 30.4 Å². The molecule has 1 fully saturated rings. The number of thioether (sulfide) groups is 2. The lowest BCUT2D eigenvalue weighted by Gasteiger charge is -2.33. The van der Waals surface area contributed by atoms with Gasteiger partial charge in [0.1, 0.15) is 10.1 Å². The molecule has 0 bridgehead atoms. The van der Waals surface area contributed by atoms with Crippen LogP contribution >= 0.6 is 35.7 Å². The molecule has 6 heteroatoms. The van der Waals surface area contributed by atoms with Crippen molar-refractivity contribution >= 4 is 40.1 Å². The predicted molar refractivity (Wildman–Crippen MR) is 101 cm³/mol. The number of ether oxygens (including phenoxy) is 1. The van der Waals surface area contributed by atoms with E-state index in [1.807, 2.05) is 23.9 Å². The molecule has 0 aliphatic carbocycles. The Morgan fingerprint density at radius 2 is 2.09 bits per heavy atom. The normalized spacial score (nSPS) is 18.8. The van der Waals surface area contributed by atoms with Crippen molar-refractivity contribution in [2.24, 2.45) is 0 Å². The summed E-state index contributed by atoms with van der Waals surface area (Å²) in [5, 5.41) is 9.48. The van der Waals surface area contributed by atoms with E-state index in [4.69, 9.17) is 17.0 Å². The number of aliphatic hydroxyl groups is 1. The molecule has 0 spiro atoms. The first-order chi connectivity index (χ1) is 10.4. The van der Waals surface area contributed by atoms with Gasteiger partial charge >= 0.3 is 0 Å². The third-order valence-corrected chi connectivity index (χ3v) is 6.63. The average Bonchev–Trinajstić information content (AvgIpc) is 2.86. The fraction of sp³-hybridized carbons (Fsp3) is 0.562. The Hall–Kier alpha value is -0.430. The molecule has 1 aromatic carbocycles. The van der Waals surface area contributed by atoms with E-state index in [0.717, 1.165) is 28.1 Å². The number of methoxy groups -OCH3 is 1. The summed E-state index contributed by atoms with van der Waals surface area (Å²) in [6.45, 7) is 5.51. The number of hydrogen-bond donors (Lipinski definition) is 1. The van der Waals surface area contributed by atoms with Crippen LogP contribution in [0.4, 0.5) is 0 Å². The number of hydrogen-bond acceptors (Lipinski definition) is 5. The van der Waals surface area contributed by atoms with E-state index in [0.29, 0.717) is 0 Å². The van der Waals surface area contributed by atoms with Crippen LogP contribution in [0.1, 0.15) is 19.4 Å². The molecule has 2 rings (SSSR count). The highest BCUT2D eigenvalue weighted by molar-refractivity contribution is 8.23. The summed E-state index contributed by atoms with van der Waals surface area (Å²) >= 11 is 9.00. The van der Waals surface area contributed by atoms with Crippen molar-refractivity contribution in [1.29, 1.82) is 0 Å². The summed E-state index contributed by atoms with van der Waals surface area (Å²) in [4.78, 5) is 2.18. The topological polar surface area (TPSA) is 32.7 Å². The van der Waals surface area contributed by atoms with Crippen LogP contribution in [-0.4, -0.2) is 51.1 Å². The van der Waals surface area contributed by atoms with Gasteiger partial charge in [0.15, 0.2) is 0 Å². The van der Waals surface area contributed by atoms with Crippen molar-refractivity contribution in [2.75, 3.05) is 26.0 Å². The highest BCUT2D eigenvalue weighted by Gasteiger charge is 2.33. The molecule has 1 N–H and O–H groups in total. The van der Waals surface area contributed by atoms with Gasteiger partial charge in [-0.3, -0.25) is 0 Å². The van der Waals surface area contributed by atoms with Gasteiger partial charge in [-0.05, 0) is 31.5 Å². The fourth-order valence-corrected chi connectivity index (χ4v) is 4.69. The van der Waals surface area contributed by atoms with Gasteiger partial charge in [-0.2, -0.15) is 0 Å². The Kier molecular flexibility index (Phi) is 6.44. The van der Waals surface area contributed by atoms with Crippen molar-refractivity contribution in [1.82, 2.24) is 4.90 Å². The first kappa shape index (κ1) is 17.9. The average molecular weight is 358 g/mol. The van der Waals surface area contributed by atoms with Gasteiger partial charge < -0.3 is 14.7 Å². The van der Waals surface area contributed by atoms with E-state index in [9.17, 15) is 5.11 Å². The number of thiocarbonyl (C=S) groups is 1. The quantitative estimate of drug-likeness (QED) is 0.753. The van der Waals surface area contributed by atoms with Crippen LogP contribution in [0.5, 0.6) is 5.75 Å². The summed E-state index contributed by atoms with van der Waals surface area (Å²) in [7, 11) is 1.68. The molecule has 1 heterocycles. The number of aliphatic hydroxyl groups excluding tert-OH is 1. The second kappa shape index (κ2) is 7.90. The SMILES string of the molecule is COc1ccc(CSC(C)(C)CN2C(=S)SC[C@H]2CO)cc1. The molecule has 122 valence electrons. The molecule has 0 saturated carbocycles. The van der Waals surface area contributed by atoms with Crippen LogP contribution in [0.3, 0.4) is 0 Å². The van der Waals surface area contributed by atoms with Crippen LogP contribution in [0, 0.1) is 0 Å². The Morgan fingerprint density at radius 1 is 1.41 bits per heavy atom. The Morgan fingerprint density at radius 3 is 2.68 bits per heavy atom. The Labute approximate surface area is 146 Å².